The Bertz CT molecular complexity index is 464. The molecule has 1 atom stereocenters. The van der Waals surface area contributed by atoms with Gasteiger partial charge in [0.15, 0.2) is 0 Å². The van der Waals surface area contributed by atoms with Gasteiger partial charge >= 0.3 is 0 Å². The number of ether oxygens (including phenoxy) is 1. The number of primary amides is 1. The minimum Gasteiger partial charge on any atom is -0.382 e. The van der Waals surface area contributed by atoms with Crippen molar-refractivity contribution in [2.75, 3.05) is 20.3 Å². The molecular formula is C14H21N3O2. The first-order valence-corrected chi connectivity index (χ1v) is 6.53. The Hall–Kier alpha value is -1.46. The number of methoxy groups -OCH3 is 1. The number of nitrogens with two attached hydrogens (primary N) is 1. The van der Waals surface area contributed by atoms with Crippen LogP contribution in [0.3, 0.4) is 0 Å². The number of nitrogens with zero attached hydrogens (tertiary/aromatic N) is 2. The van der Waals surface area contributed by atoms with Crippen molar-refractivity contribution in [3.05, 3.63) is 29.6 Å². The zero-order valence-electron chi connectivity index (χ0n) is 11.6. The van der Waals surface area contributed by atoms with Gasteiger partial charge in [0.2, 0.25) is 5.91 Å². The average molecular weight is 263 g/mol. The molecule has 0 aliphatic carbocycles. The van der Waals surface area contributed by atoms with Crippen LogP contribution in [0.5, 0.6) is 0 Å². The van der Waals surface area contributed by atoms with Gasteiger partial charge in [-0.15, -0.1) is 0 Å². The molecule has 0 spiro atoms. The van der Waals surface area contributed by atoms with E-state index in [1.165, 1.54) is 0 Å². The lowest BCUT2D eigenvalue weighted by Crippen LogP contribution is -2.56. The van der Waals surface area contributed by atoms with Crippen LogP contribution in [0.1, 0.15) is 24.0 Å². The summed E-state index contributed by atoms with van der Waals surface area (Å²) < 4.78 is 5.22. The lowest BCUT2D eigenvalue weighted by molar-refractivity contribution is -0.132. The van der Waals surface area contributed by atoms with Gasteiger partial charge in [0.05, 0.1) is 6.61 Å². The minimum absolute atomic E-state index is 0.299. The van der Waals surface area contributed by atoms with E-state index in [-0.39, 0.29) is 5.91 Å². The Labute approximate surface area is 113 Å². The van der Waals surface area contributed by atoms with Crippen LogP contribution in [0, 0.1) is 6.92 Å². The van der Waals surface area contributed by atoms with E-state index in [4.69, 9.17) is 10.5 Å². The average Bonchev–Trinajstić information content (AvgIpc) is 2.74. The fourth-order valence-corrected chi connectivity index (χ4v) is 2.84. The van der Waals surface area contributed by atoms with Gasteiger partial charge in [-0.3, -0.25) is 14.7 Å². The van der Waals surface area contributed by atoms with Gasteiger partial charge in [-0.05, 0) is 37.4 Å². The fraction of sp³-hybridized carbons (Fsp3) is 0.571. The minimum atomic E-state index is -0.668. The fourth-order valence-electron chi connectivity index (χ4n) is 2.84. The summed E-state index contributed by atoms with van der Waals surface area (Å²) in [6.07, 6.45) is 5.38. The number of amides is 1. The summed E-state index contributed by atoms with van der Waals surface area (Å²) in [5, 5.41) is 0. The van der Waals surface area contributed by atoms with Crippen molar-refractivity contribution >= 4 is 5.91 Å². The molecular weight excluding hydrogens is 242 g/mol. The Morgan fingerprint density at radius 3 is 3.00 bits per heavy atom. The normalized spacial score (nSPS) is 23.7. The van der Waals surface area contributed by atoms with Crippen LogP contribution in [0.25, 0.3) is 0 Å². The van der Waals surface area contributed by atoms with Gasteiger partial charge in [-0.25, -0.2) is 0 Å². The smallest absolute Gasteiger partial charge is 0.240 e. The lowest BCUT2D eigenvalue weighted by Gasteiger charge is -2.35. The molecule has 19 heavy (non-hydrogen) atoms. The van der Waals surface area contributed by atoms with E-state index < -0.39 is 5.54 Å². The summed E-state index contributed by atoms with van der Waals surface area (Å²) in [6.45, 7) is 3.90. The molecule has 1 saturated heterocycles. The zero-order valence-corrected chi connectivity index (χ0v) is 11.6. The first-order valence-electron chi connectivity index (χ1n) is 6.53. The molecule has 5 nitrogen and oxygen atoms in total. The maximum atomic E-state index is 11.9. The highest BCUT2D eigenvalue weighted by Crippen LogP contribution is 2.31. The number of hydrogen-bond donors (Lipinski definition) is 1. The molecule has 1 unspecified atom stereocenters. The van der Waals surface area contributed by atoms with Crippen molar-refractivity contribution in [2.24, 2.45) is 5.73 Å². The van der Waals surface area contributed by atoms with E-state index in [1.807, 2.05) is 19.3 Å². The van der Waals surface area contributed by atoms with Crippen LogP contribution >= 0.6 is 0 Å². The summed E-state index contributed by atoms with van der Waals surface area (Å²) in [5.41, 5.74) is 7.17. The molecule has 1 fully saturated rings. The molecule has 5 heteroatoms. The maximum Gasteiger partial charge on any atom is 0.240 e. The maximum absolute atomic E-state index is 11.9. The van der Waals surface area contributed by atoms with E-state index >= 15 is 0 Å². The molecule has 1 aliphatic rings. The zero-order chi connectivity index (χ0) is 13.9. The molecule has 2 rings (SSSR count). The molecule has 0 saturated carbocycles. The number of pyridine rings is 1. The van der Waals surface area contributed by atoms with Crippen LogP contribution in [0.4, 0.5) is 0 Å². The van der Waals surface area contributed by atoms with E-state index in [9.17, 15) is 4.79 Å². The highest BCUT2D eigenvalue weighted by molar-refractivity contribution is 5.85. The molecule has 1 aromatic heterocycles. The summed E-state index contributed by atoms with van der Waals surface area (Å²) in [5.74, 6) is -0.299. The van der Waals surface area contributed by atoms with Crippen molar-refractivity contribution in [2.45, 2.75) is 31.8 Å². The number of aryl methyl sites for hydroxylation is 1. The highest BCUT2D eigenvalue weighted by Gasteiger charge is 2.46. The van der Waals surface area contributed by atoms with E-state index in [1.54, 1.807) is 7.11 Å². The standard InChI is InChI=1S/C14H21N3O2/c1-11-6-12(8-16-7-11)9-17-5-3-4-14(17,10-19-2)13(15)18/h6-8H,3-5,9-10H2,1-2H3,(H2,15,18). The summed E-state index contributed by atoms with van der Waals surface area (Å²) in [4.78, 5) is 18.2. The highest BCUT2D eigenvalue weighted by atomic mass is 16.5. The lowest BCUT2D eigenvalue weighted by atomic mass is 9.96. The van der Waals surface area contributed by atoms with Crippen LogP contribution in [0.15, 0.2) is 18.5 Å². The van der Waals surface area contributed by atoms with Crippen molar-refractivity contribution in [3.63, 3.8) is 0 Å². The monoisotopic (exact) mass is 263 g/mol. The van der Waals surface area contributed by atoms with Crippen LogP contribution < -0.4 is 5.73 Å². The van der Waals surface area contributed by atoms with Gasteiger partial charge in [0.1, 0.15) is 5.54 Å². The summed E-state index contributed by atoms with van der Waals surface area (Å²) in [6, 6.07) is 2.09. The van der Waals surface area contributed by atoms with Gasteiger partial charge in [0.25, 0.3) is 0 Å². The van der Waals surface area contributed by atoms with Gasteiger partial charge in [-0.2, -0.15) is 0 Å². The number of aromatic nitrogens is 1. The quantitative estimate of drug-likeness (QED) is 0.855. The third-order valence-corrected chi connectivity index (χ3v) is 3.77. The molecule has 2 N–H and O–H groups in total. The van der Waals surface area contributed by atoms with Crippen molar-refractivity contribution in [1.82, 2.24) is 9.88 Å². The van der Waals surface area contributed by atoms with E-state index in [0.29, 0.717) is 13.2 Å². The van der Waals surface area contributed by atoms with E-state index in [0.717, 1.165) is 30.5 Å². The second-order valence-electron chi connectivity index (χ2n) is 5.22. The summed E-state index contributed by atoms with van der Waals surface area (Å²) in [7, 11) is 1.61. The first kappa shape index (κ1) is 14.0. The van der Waals surface area contributed by atoms with Gasteiger partial charge in [0, 0.05) is 26.0 Å². The second-order valence-corrected chi connectivity index (χ2v) is 5.22. The molecule has 1 aliphatic heterocycles. The van der Waals surface area contributed by atoms with Crippen molar-refractivity contribution < 1.29 is 9.53 Å². The predicted molar refractivity (Wildman–Crippen MR) is 72.4 cm³/mol. The molecule has 2 heterocycles. The Morgan fingerprint density at radius 1 is 1.58 bits per heavy atom. The third kappa shape index (κ3) is 2.77. The van der Waals surface area contributed by atoms with Crippen molar-refractivity contribution in [1.29, 1.82) is 0 Å². The number of carbonyl (C=O) groups is 1. The predicted octanol–water partition coefficient (Wildman–Crippen LogP) is 0.856. The van der Waals surface area contributed by atoms with Crippen LogP contribution in [0.2, 0.25) is 0 Å². The van der Waals surface area contributed by atoms with Crippen LogP contribution in [-0.4, -0.2) is 41.6 Å². The van der Waals surface area contributed by atoms with Crippen LogP contribution in [-0.2, 0) is 16.1 Å². The molecule has 0 radical (unpaired) electrons. The Kier molecular flexibility index (Phi) is 4.17. The molecule has 1 aromatic rings. The molecule has 104 valence electrons. The number of likely N-dealkylation sites (tertiary alicyclic amines) is 1. The number of hydrogen-bond acceptors (Lipinski definition) is 4. The van der Waals surface area contributed by atoms with Crippen molar-refractivity contribution in [3.8, 4) is 0 Å². The third-order valence-electron chi connectivity index (χ3n) is 3.77. The topological polar surface area (TPSA) is 68.5 Å². The van der Waals surface area contributed by atoms with E-state index in [2.05, 4.69) is 16.0 Å². The van der Waals surface area contributed by atoms with Gasteiger partial charge in [-0.1, -0.05) is 6.07 Å². The second kappa shape index (κ2) is 5.67. The van der Waals surface area contributed by atoms with Gasteiger partial charge < -0.3 is 10.5 Å². The Balaban J connectivity index is 2.20. The largest absolute Gasteiger partial charge is 0.382 e. The molecule has 1 amide bonds. The molecule has 0 aromatic carbocycles. The summed E-state index contributed by atoms with van der Waals surface area (Å²) >= 11 is 0. The molecule has 0 bridgehead atoms. The number of carbonyl (C=O) groups excluding carboxylic acids is 1. The first-order chi connectivity index (χ1) is 9.08. The Morgan fingerprint density at radius 2 is 2.37 bits per heavy atom. The SMILES string of the molecule is COCC1(C(N)=O)CCCN1Cc1cncc(C)c1. The number of rotatable bonds is 5.